The number of anilines is 2. The number of hydrogen-bond donors (Lipinski definition) is 2. The van der Waals surface area contributed by atoms with Crippen molar-refractivity contribution in [3.05, 3.63) is 70.9 Å². The molecule has 2 aromatic rings. The molecule has 0 saturated carbocycles. The maximum absolute atomic E-state index is 12.5. The summed E-state index contributed by atoms with van der Waals surface area (Å²) in [4.78, 5) is 12.5. The molecule has 130 valence electrons. The van der Waals surface area contributed by atoms with Crippen molar-refractivity contribution in [3.8, 4) is 12.1 Å². The zero-order valence-electron chi connectivity index (χ0n) is 14.8. The van der Waals surface area contributed by atoms with E-state index in [0.29, 0.717) is 11.3 Å². The Morgan fingerprint density at radius 1 is 1.04 bits per heavy atom. The van der Waals surface area contributed by atoms with Crippen LogP contribution in [0, 0.1) is 22.7 Å². The summed E-state index contributed by atoms with van der Waals surface area (Å²) in [5.41, 5.74) is 3.73. The van der Waals surface area contributed by atoms with E-state index in [1.807, 2.05) is 38.1 Å². The molecule has 0 heterocycles. The molecule has 0 saturated heterocycles. The zero-order chi connectivity index (χ0) is 18.9. The van der Waals surface area contributed by atoms with Crippen LogP contribution in [0.15, 0.2) is 54.2 Å². The van der Waals surface area contributed by atoms with E-state index in [-0.39, 0.29) is 5.57 Å². The first-order valence-corrected chi connectivity index (χ1v) is 8.42. The Bertz CT molecular complexity index is 894. The summed E-state index contributed by atoms with van der Waals surface area (Å²) < 4.78 is 0. The van der Waals surface area contributed by atoms with E-state index in [0.717, 1.165) is 29.7 Å². The number of amides is 1. The number of hydrogen-bond acceptors (Lipinski definition) is 4. The van der Waals surface area contributed by atoms with E-state index in [2.05, 4.69) is 16.7 Å². The van der Waals surface area contributed by atoms with Gasteiger partial charge in [-0.25, -0.2) is 0 Å². The van der Waals surface area contributed by atoms with Gasteiger partial charge in [0.1, 0.15) is 17.7 Å². The highest BCUT2D eigenvalue weighted by atomic mass is 16.1. The summed E-state index contributed by atoms with van der Waals surface area (Å²) >= 11 is 0. The first-order chi connectivity index (χ1) is 12.6. The summed E-state index contributed by atoms with van der Waals surface area (Å²) in [6.07, 6.45) is 2.89. The average Bonchev–Trinajstić information content (AvgIpc) is 2.68. The van der Waals surface area contributed by atoms with Gasteiger partial charge >= 0.3 is 0 Å². The second-order valence-electron chi connectivity index (χ2n) is 5.58. The van der Waals surface area contributed by atoms with Gasteiger partial charge in [0.15, 0.2) is 0 Å². The van der Waals surface area contributed by atoms with Gasteiger partial charge in [0.05, 0.1) is 11.3 Å². The molecule has 5 nitrogen and oxygen atoms in total. The third-order valence-corrected chi connectivity index (χ3v) is 4.02. The van der Waals surface area contributed by atoms with E-state index >= 15 is 0 Å². The molecule has 0 atom stereocenters. The molecule has 0 bridgehead atoms. The number of benzene rings is 2. The van der Waals surface area contributed by atoms with Gasteiger partial charge in [0, 0.05) is 11.9 Å². The van der Waals surface area contributed by atoms with Crippen molar-refractivity contribution in [2.45, 2.75) is 26.7 Å². The van der Waals surface area contributed by atoms with Crippen LogP contribution in [0.3, 0.4) is 0 Å². The lowest BCUT2D eigenvalue weighted by atomic mass is 10.0. The summed E-state index contributed by atoms with van der Waals surface area (Å²) in [6.45, 7) is 4.04. The van der Waals surface area contributed by atoms with Crippen LogP contribution in [-0.4, -0.2) is 5.91 Å². The Morgan fingerprint density at radius 2 is 1.69 bits per heavy atom. The molecule has 0 aliphatic heterocycles. The zero-order valence-corrected chi connectivity index (χ0v) is 14.8. The molecule has 0 aromatic heterocycles. The maximum Gasteiger partial charge on any atom is 0.267 e. The van der Waals surface area contributed by atoms with Gasteiger partial charge in [0.2, 0.25) is 0 Å². The molecular weight excluding hydrogens is 324 g/mol. The fourth-order valence-corrected chi connectivity index (χ4v) is 2.59. The summed E-state index contributed by atoms with van der Waals surface area (Å²) in [5.74, 6) is -0.481. The molecule has 0 unspecified atom stereocenters. The molecule has 2 aromatic carbocycles. The number of nitrogens with one attached hydrogen (secondary N) is 2. The topological polar surface area (TPSA) is 88.7 Å². The van der Waals surface area contributed by atoms with E-state index < -0.39 is 5.91 Å². The van der Waals surface area contributed by atoms with Crippen molar-refractivity contribution in [2.24, 2.45) is 0 Å². The molecular formula is C21H20N4O. The van der Waals surface area contributed by atoms with Crippen molar-refractivity contribution >= 4 is 17.3 Å². The highest BCUT2D eigenvalue weighted by Gasteiger charge is 2.14. The number of para-hydroxylation sites is 2. The van der Waals surface area contributed by atoms with Crippen LogP contribution in [0.4, 0.5) is 11.4 Å². The Hall–Kier alpha value is -3.57. The molecule has 0 spiro atoms. The fraction of sp³-hybridized carbons (Fsp3) is 0.190. The third-order valence-electron chi connectivity index (χ3n) is 4.02. The van der Waals surface area contributed by atoms with Crippen LogP contribution in [0.2, 0.25) is 0 Å². The first kappa shape index (κ1) is 18.8. The fourth-order valence-electron chi connectivity index (χ4n) is 2.59. The van der Waals surface area contributed by atoms with Crippen LogP contribution in [0.25, 0.3) is 0 Å². The molecule has 0 aliphatic rings. The van der Waals surface area contributed by atoms with Crippen LogP contribution < -0.4 is 10.6 Å². The summed E-state index contributed by atoms with van der Waals surface area (Å²) in [6, 6.07) is 16.8. The van der Waals surface area contributed by atoms with Gasteiger partial charge in [0.25, 0.3) is 5.91 Å². The summed E-state index contributed by atoms with van der Waals surface area (Å²) in [5, 5.41) is 24.2. The minimum Gasteiger partial charge on any atom is -0.359 e. The van der Waals surface area contributed by atoms with Gasteiger partial charge in [-0.1, -0.05) is 44.2 Å². The van der Waals surface area contributed by atoms with Gasteiger partial charge in [-0.2, -0.15) is 10.5 Å². The largest absolute Gasteiger partial charge is 0.359 e. The van der Waals surface area contributed by atoms with Crippen molar-refractivity contribution in [3.63, 3.8) is 0 Å². The number of aryl methyl sites for hydroxylation is 2. The highest BCUT2D eigenvalue weighted by Crippen LogP contribution is 2.23. The number of rotatable bonds is 6. The number of carbonyl (C=O) groups is 1. The molecule has 1 amide bonds. The standard InChI is InChI=1S/C21H20N4O/c1-3-15-9-7-10-16(4-2)20(15)25-21(26)18(13-23)14-24-19-11-6-5-8-17(19)12-22/h5-11,14,24H,3-4H2,1-2H3,(H,25,26)/b18-14-. The van der Waals surface area contributed by atoms with Crippen molar-refractivity contribution in [2.75, 3.05) is 10.6 Å². The number of nitriles is 2. The molecule has 0 fully saturated rings. The lowest BCUT2D eigenvalue weighted by Crippen LogP contribution is -2.17. The normalized spacial score (nSPS) is 10.5. The van der Waals surface area contributed by atoms with Crippen LogP contribution in [-0.2, 0) is 17.6 Å². The molecule has 26 heavy (non-hydrogen) atoms. The Kier molecular flexibility index (Phi) is 6.53. The smallest absolute Gasteiger partial charge is 0.267 e. The van der Waals surface area contributed by atoms with E-state index in [4.69, 9.17) is 5.26 Å². The van der Waals surface area contributed by atoms with Crippen LogP contribution >= 0.6 is 0 Å². The van der Waals surface area contributed by atoms with Gasteiger partial charge in [-0.15, -0.1) is 0 Å². The maximum atomic E-state index is 12.5. The molecule has 0 radical (unpaired) electrons. The first-order valence-electron chi connectivity index (χ1n) is 8.42. The van der Waals surface area contributed by atoms with Gasteiger partial charge in [-0.05, 0) is 36.1 Å². The second kappa shape index (κ2) is 9.05. The predicted octanol–water partition coefficient (Wildman–Crippen LogP) is 4.14. The lowest BCUT2D eigenvalue weighted by molar-refractivity contribution is -0.112. The highest BCUT2D eigenvalue weighted by molar-refractivity contribution is 6.07. The molecule has 0 aliphatic carbocycles. The Morgan fingerprint density at radius 3 is 2.27 bits per heavy atom. The van der Waals surface area contributed by atoms with E-state index in [1.54, 1.807) is 24.3 Å². The predicted molar refractivity (Wildman–Crippen MR) is 102 cm³/mol. The minimum atomic E-state index is -0.481. The van der Waals surface area contributed by atoms with Gasteiger partial charge < -0.3 is 10.6 Å². The molecule has 2 N–H and O–H groups in total. The number of nitrogens with zero attached hydrogens (tertiary/aromatic N) is 2. The van der Waals surface area contributed by atoms with Gasteiger partial charge in [-0.3, -0.25) is 4.79 Å². The quantitative estimate of drug-likeness (QED) is 0.609. The SMILES string of the molecule is CCc1cccc(CC)c1NC(=O)/C(C#N)=C\Nc1ccccc1C#N. The van der Waals surface area contributed by atoms with Crippen molar-refractivity contribution in [1.82, 2.24) is 0 Å². The van der Waals surface area contributed by atoms with Crippen molar-refractivity contribution < 1.29 is 4.79 Å². The third kappa shape index (κ3) is 4.28. The monoisotopic (exact) mass is 344 g/mol. The summed E-state index contributed by atoms with van der Waals surface area (Å²) in [7, 11) is 0. The lowest BCUT2D eigenvalue weighted by Gasteiger charge is -2.14. The van der Waals surface area contributed by atoms with E-state index in [1.165, 1.54) is 6.20 Å². The molecule has 2 rings (SSSR count). The Labute approximate surface area is 153 Å². The van der Waals surface area contributed by atoms with Crippen molar-refractivity contribution in [1.29, 1.82) is 10.5 Å². The Balaban J connectivity index is 2.25. The van der Waals surface area contributed by atoms with Crippen LogP contribution in [0.5, 0.6) is 0 Å². The molecule has 5 heteroatoms. The average molecular weight is 344 g/mol. The van der Waals surface area contributed by atoms with Crippen LogP contribution in [0.1, 0.15) is 30.5 Å². The second-order valence-corrected chi connectivity index (χ2v) is 5.58. The minimum absolute atomic E-state index is 0.0642. The van der Waals surface area contributed by atoms with E-state index in [9.17, 15) is 10.1 Å². The number of carbonyl (C=O) groups excluding carboxylic acids is 1.